The van der Waals surface area contributed by atoms with Gasteiger partial charge in [0.1, 0.15) is 11.8 Å². The molecule has 0 saturated heterocycles. The number of carboxylic acid groups (broad SMARTS) is 1. The van der Waals surface area contributed by atoms with Crippen LogP contribution in [-0.4, -0.2) is 33.7 Å². The van der Waals surface area contributed by atoms with Gasteiger partial charge < -0.3 is 9.84 Å². The van der Waals surface area contributed by atoms with Crippen LogP contribution in [0.5, 0.6) is 0 Å². The van der Waals surface area contributed by atoms with E-state index in [2.05, 4.69) is 15.3 Å². The average molecular weight is 396 g/mol. The number of aromatic nitrogens is 2. The number of aromatic carboxylic acids is 1. The summed E-state index contributed by atoms with van der Waals surface area (Å²) >= 11 is 5.76. The van der Waals surface area contributed by atoms with Gasteiger partial charge in [-0.15, -0.1) is 0 Å². The third kappa shape index (κ3) is 3.39. The van der Waals surface area contributed by atoms with Crippen molar-refractivity contribution < 1.29 is 19.4 Å². The zero-order valence-corrected chi connectivity index (χ0v) is 15.2. The van der Waals surface area contributed by atoms with Gasteiger partial charge in [0.25, 0.3) is 0 Å². The molecule has 2 aromatic carbocycles. The van der Waals surface area contributed by atoms with E-state index in [1.807, 2.05) is 48.5 Å². The van der Waals surface area contributed by atoms with E-state index in [0.717, 1.165) is 28.3 Å². The summed E-state index contributed by atoms with van der Waals surface area (Å²) in [6, 6.07) is 17.1. The third-order valence-electron chi connectivity index (χ3n) is 4.47. The summed E-state index contributed by atoms with van der Waals surface area (Å²) in [7, 11) is 0. The van der Waals surface area contributed by atoms with E-state index in [0.29, 0.717) is 0 Å². The van der Waals surface area contributed by atoms with Crippen molar-refractivity contribution in [2.45, 2.75) is 5.92 Å². The first-order chi connectivity index (χ1) is 13.5. The van der Waals surface area contributed by atoms with E-state index in [-0.39, 0.29) is 29.3 Å². The number of ether oxygens (including phenoxy) is 1. The number of benzene rings is 2. The average Bonchev–Trinajstić information content (AvgIpc) is 3.00. The van der Waals surface area contributed by atoms with Crippen LogP contribution in [0.1, 0.15) is 27.5 Å². The number of hydrogen-bond donors (Lipinski definition) is 2. The maximum Gasteiger partial charge on any atom is 0.414 e. The first-order valence-corrected chi connectivity index (χ1v) is 8.80. The zero-order chi connectivity index (χ0) is 19.7. The quantitative estimate of drug-likeness (QED) is 0.642. The molecule has 0 radical (unpaired) electrons. The summed E-state index contributed by atoms with van der Waals surface area (Å²) in [5.74, 6) is -1.60. The molecule has 0 spiro atoms. The highest BCUT2D eigenvalue weighted by molar-refractivity contribution is 6.29. The number of halogens is 1. The third-order valence-corrected chi connectivity index (χ3v) is 4.67. The molecule has 140 valence electrons. The molecule has 8 heteroatoms. The van der Waals surface area contributed by atoms with Gasteiger partial charge >= 0.3 is 12.1 Å². The van der Waals surface area contributed by atoms with Gasteiger partial charge in [-0.3, -0.25) is 5.32 Å². The first-order valence-electron chi connectivity index (χ1n) is 8.43. The standard InChI is InChI=1S/C20H14ClN3O4/c21-17-9-16(18(25)26)22-19(23-17)24-20(27)28-10-15-13-7-3-1-5-11(13)12-6-2-4-8-14(12)15/h1-9,15H,10H2,(H,25,26)(H,22,23,24,27). The van der Waals surface area contributed by atoms with Gasteiger partial charge in [-0.25, -0.2) is 19.6 Å². The molecule has 7 nitrogen and oxygen atoms in total. The fourth-order valence-corrected chi connectivity index (χ4v) is 3.49. The maximum atomic E-state index is 12.2. The highest BCUT2D eigenvalue weighted by Gasteiger charge is 2.29. The second-order valence-electron chi connectivity index (χ2n) is 6.16. The minimum absolute atomic E-state index is 0.0898. The summed E-state index contributed by atoms with van der Waals surface area (Å²) in [6.45, 7) is 0.117. The van der Waals surface area contributed by atoms with E-state index in [4.69, 9.17) is 21.4 Å². The molecule has 28 heavy (non-hydrogen) atoms. The van der Waals surface area contributed by atoms with Crippen LogP contribution in [0, 0.1) is 0 Å². The van der Waals surface area contributed by atoms with Crippen LogP contribution in [0.4, 0.5) is 10.7 Å². The molecule has 0 aliphatic heterocycles. The van der Waals surface area contributed by atoms with Crippen LogP contribution >= 0.6 is 11.6 Å². The van der Waals surface area contributed by atoms with Gasteiger partial charge in [-0.2, -0.15) is 0 Å². The molecule has 0 atom stereocenters. The second-order valence-corrected chi connectivity index (χ2v) is 6.54. The number of nitrogens with one attached hydrogen (secondary N) is 1. The number of rotatable bonds is 4. The second kappa shape index (κ2) is 7.28. The van der Waals surface area contributed by atoms with Gasteiger partial charge in [-0.05, 0) is 22.3 Å². The lowest BCUT2D eigenvalue weighted by Crippen LogP contribution is -2.20. The molecular formula is C20H14ClN3O4. The summed E-state index contributed by atoms with van der Waals surface area (Å²) < 4.78 is 5.36. The maximum absolute atomic E-state index is 12.2. The van der Waals surface area contributed by atoms with E-state index < -0.39 is 12.1 Å². The summed E-state index contributed by atoms with van der Waals surface area (Å²) in [5, 5.41) is 11.2. The van der Waals surface area contributed by atoms with Crippen molar-refractivity contribution in [2.24, 2.45) is 0 Å². The minimum atomic E-state index is -1.28. The lowest BCUT2D eigenvalue weighted by molar-refractivity contribution is 0.0690. The molecule has 1 aliphatic rings. The lowest BCUT2D eigenvalue weighted by atomic mass is 9.98. The van der Waals surface area contributed by atoms with Crippen molar-refractivity contribution in [1.82, 2.24) is 9.97 Å². The number of anilines is 1. The number of hydrogen-bond acceptors (Lipinski definition) is 5. The largest absolute Gasteiger partial charge is 0.477 e. The summed E-state index contributed by atoms with van der Waals surface area (Å²) in [6.07, 6.45) is -0.791. The molecule has 3 aromatic rings. The predicted octanol–water partition coefficient (Wildman–Crippen LogP) is 4.19. The molecule has 1 amide bonds. The highest BCUT2D eigenvalue weighted by atomic mass is 35.5. The smallest absolute Gasteiger partial charge is 0.414 e. The van der Waals surface area contributed by atoms with Crippen molar-refractivity contribution in [1.29, 1.82) is 0 Å². The number of carboxylic acids is 1. The van der Waals surface area contributed by atoms with Gasteiger partial charge in [0, 0.05) is 12.0 Å². The molecule has 4 rings (SSSR count). The number of amides is 1. The Kier molecular flexibility index (Phi) is 4.67. The molecular weight excluding hydrogens is 382 g/mol. The topological polar surface area (TPSA) is 101 Å². The summed E-state index contributed by atoms with van der Waals surface area (Å²) in [4.78, 5) is 30.7. The van der Waals surface area contributed by atoms with Crippen LogP contribution in [0.3, 0.4) is 0 Å². The molecule has 0 saturated carbocycles. The molecule has 0 fully saturated rings. The van der Waals surface area contributed by atoms with Crippen molar-refractivity contribution in [3.8, 4) is 11.1 Å². The predicted molar refractivity (Wildman–Crippen MR) is 103 cm³/mol. The molecule has 2 N–H and O–H groups in total. The summed E-state index contributed by atoms with van der Waals surface area (Å²) in [5.41, 5.74) is 4.09. The monoisotopic (exact) mass is 395 g/mol. The molecule has 0 unspecified atom stereocenters. The van der Waals surface area contributed by atoms with Gasteiger partial charge in [-0.1, -0.05) is 60.1 Å². The Morgan fingerprint density at radius 3 is 2.25 bits per heavy atom. The zero-order valence-electron chi connectivity index (χ0n) is 14.4. The lowest BCUT2D eigenvalue weighted by Gasteiger charge is -2.14. The fraction of sp³-hybridized carbons (Fsp3) is 0.100. The van der Waals surface area contributed by atoms with Crippen LogP contribution in [0.2, 0.25) is 5.15 Å². The normalized spacial score (nSPS) is 12.2. The van der Waals surface area contributed by atoms with Crippen LogP contribution < -0.4 is 5.32 Å². The Balaban J connectivity index is 1.49. The Morgan fingerprint density at radius 1 is 1.04 bits per heavy atom. The van der Waals surface area contributed by atoms with Crippen molar-refractivity contribution in [3.05, 3.63) is 76.6 Å². The Morgan fingerprint density at radius 2 is 1.64 bits per heavy atom. The van der Waals surface area contributed by atoms with Crippen molar-refractivity contribution >= 4 is 29.6 Å². The number of carbonyl (C=O) groups is 2. The van der Waals surface area contributed by atoms with Gasteiger partial charge in [0.2, 0.25) is 5.95 Å². The first kappa shape index (κ1) is 17.9. The SMILES string of the molecule is O=C(Nc1nc(Cl)cc(C(=O)O)n1)OCC1c2ccccc2-c2ccccc21. The number of fused-ring (bicyclic) bond motifs is 3. The Hall–Kier alpha value is -3.45. The van der Waals surface area contributed by atoms with Crippen molar-refractivity contribution in [3.63, 3.8) is 0 Å². The van der Waals surface area contributed by atoms with E-state index in [1.54, 1.807) is 0 Å². The number of carbonyl (C=O) groups excluding carboxylic acids is 1. The number of nitrogens with zero attached hydrogens (tertiary/aromatic N) is 2. The van der Waals surface area contributed by atoms with E-state index in [1.165, 1.54) is 0 Å². The molecule has 1 heterocycles. The van der Waals surface area contributed by atoms with Gasteiger partial charge in [0.15, 0.2) is 5.69 Å². The van der Waals surface area contributed by atoms with Crippen molar-refractivity contribution in [2.75, 3.05) is 11.9 Å². The van der Waals surface area contributed by atoms with Gasteiger partial charge in [0.05, 0.1) is 0 Å². The van der Waals surface area contributed by atoms with Crippen LogP contribution in [0.25, 0.3) is 11.1 Å². The minimum Gasteiger partial charge on any atom is -0.477 e. The molecule has 1 aromatic heterocycles. The molecule has 1 aliphatic carbocycles. The Bertz CT molecular complexity index is 1040. The Labute approximate surface area is 165 Å². The van der Waals surface area contributed by atoms with E-state index >= 15 is 0 Å². The van der Waals surface area contributed by atoms with E-state index in [9.17, 15) is 9.59 Å². The van der Waals surface area contributed by atoms with Crippen LogP contribution in [0.15, 0.2) is 54.6 Å². The fourth-order valence-electron chi connectivity index (χ4n) is 3.31. The molecule has 0 bridgehead atoms. The van der Waals surface area contributed by atoms with Crippen LogP contribution in [-0.2, 0) is 4.74 Å². The highest BCUT2D eigenvalue weighted by Crippen LogP contribution is 2.44.